The summed E-state index contributed by atoms with van der Waals surface area (Å²) in [5.41, 5.74) is 3.83. The van der Waals surface area contributed by atoms with Crippen molar-refractivity contribution >= 4 is 40.5 Å². The van der Waals surface area contributed by atoms with Crippen LogP contribution in [0.1, 0.15) is 11.1 Å². The lowest BCUT2D eigenvalue weighted by Crippen LogP contribution is -2.21. The highest BCUT2D eigenvalue weighted by molar-refractivity contribution is 6.35. The Morgan fingerprint density at radius 3 is 2.24 bits per heavy atom. The molecule has 0 aromatic heterocycles. The molecule has 0 atom stereocenters. The Bertz CT molecular complexity index is 651. The van der Waals surface area contributed by atoms with Crippen LogP contribution in [0.25, 0.3) is 0 Å². The van der Waals surface area contributed by atoms with E-state index < -0.39 is 0 Å². The Labute approximate surface area is 134 Å². The minimum atomic E-state index is -0.130. The van der Waals surface area contributed by atoms with Crippen LogP contribution in [-0.2, 0) is 4.79 Å². The van der Waals surface area contributed by atoms with Crippen LogP contribution in [-0.4, -0.2) is 12.5 Å². The van der Waals surface area contributed by atoms with Crippen LogP contribution in [0, 0.1) is 13.8 Å². The molecule has 0 heterocycles. The first-order valence-electron chi connectivity index (χ1n) is 6.51. The van der Waals surface area contributed by atoms with Crippen molar-refractivity contribution in [1.29, 1.82) is 0 Å². The SMILES string of the molecule is Cc1ccc(NC(=O)CNc2cc(Cl)cc(Cl)c2)cc1C. The second-order valence-corrected chi connectivity index (χ2v) is 5.73. The summed E-state index contributed by atoms with van der Waals surface area (Å²) in [6.45, 7) is 4.19. The van der Waals surface area contributed by atoms with Crippen molar-refractivity contribution in [3.8, 4) is 0 Å². The molecule has 2 aromatic carbocycles. The zero-order valence-corrected chi connectivity index (χ0v) is 13.3. The van der Waals surface area contributed by atoms with E-state index in [1.54, 1.807) is 18.2 Å². The largest absolute Gasteiger partial charge is 0.376 e. The number of rotatable bonds is 4. The zero-order chi connectivity index (χ0) is 15.4. The molecule has 2 aromatic rings. The van der Waals surface area contributed by atoms with Gasteiger partial charge in [-0.2, -0.15) is 0 Å². The molecule has 0 saturated heterocycles. The van der Waals surface area contributed by atoms with E-state index in [4.69, 9.17) is 23.2 Å². The minimum Gasteiger partial charge on any atom is -0.376 e. The Kier molecular flexibility index (Phi) is 5.10. The third kappa shape index (κ3) is 4.66. The summed E-state index contributed by atoms with van der Waals surface area (Å²) in [6, 6.07) is 10.9. The van der Waals surface area contributed by atoms with Crippen molar-refractivity contribution in [1.82, 2.24) is 0 Å². The first-order chi connectivity index (χ1) is 9.94. The maximum atomic E-state index is 11.9. The van der Waals surface area contributed by atoms with Gasteiger partial charge in [0.05, 0.1) is 6.54 Å². The fourth-order valence-corrected chi connectivity index (χ4v) is 2.39. The summed E-state index contributed by atoms with van der Waals surface area (Å²) in [5, 5.41) is 6.89. The van der Waals surface area contributed by atoms with Gasteiger partial charge in [0, 0.05) is 21.4 Å². The fourth-order valence-electron chi connectivity index (χ4n) is 1.86. The predicted molar refractivity (Wildman–Crippen MR) is 89.5 cm³/mol. The Balaban J connectivity index is 1.94. The van der Waals surface area contributed by atoms with Crippen LogP contribution < -0.4 is 10.6 Å². The Morgan fingerprint density at radius 1 is 0.952 bits per heavy atom. The van der Waals surface area contributed by atoms with Gasteiger partial charge in [-0.05, 0) is 55.3 Å². The second-order valence-electron chi connectivity index (χ2n) is 4.86. The highest BCUT2D eigenvalue weighted by atomic mass is 35.5. The van der Waals surface area contributed by atoms with Gasteiger partial charge in [-0.3, -0.25) is 4.79 Å². The third-order valence-corrected chi connectivity index (χ3v) is 3.54. The number of hydrogen-bond donors (Lipinski definition) is 2. The lowest BCUT2D eigenvalue weighted by molar-refractivity contribution is -0.114. The van der Waals surface area contributed by atoms with E-state index in [1.165, 1.54) is 5.56 Å². The van der Waals surface area contributed by atoms with Crippen LogP contribution in [0.5, 0.6) is 0 Å². The smallest absolute Gasteiger partial charge is 0.243 e. The van der Waals surface area contributed by atoms with E-state index in [0.29, 0.717) is 15.7 Å². The summed E-state index contributed by atoms with van der Waals surface area (Å²) in [5.74, 6) is -0.130. The molecular formula is C16H16Cl2N2O. The van der Waals surface area contributed by atoms with Gasteiger partial charge in [-0.25, -0.2) is 0 Å². The van der Waals surface area contributed by atoms with Gasteiger partial charge < -0.3 is 10.6 Å². The number of halogens is 2. The highest BCUT2D eigenvalue weighted by Gasteiger charge is 2.04. The monoisotopic (exact) mass is 322 g/mol. The van der Waals surface area contributed by atoms with Crippen LogP contribution in [0.4, 0.5) is 11.4 Å². The molecule has 5 heteroatoms. The van der Waals surface area contributed by atoms with Gasteiger partial charge in [0.25, 0.3) is 0 Å². The third-order valence-electron chi connectivity index (χ3n) is 3.11. The van der Waals surface area contributed by atoms with Crippen molar-refractivity contribution < 1.29 is 4.79 Å². The minimum absolute atomic E-state index is 0.130. The molecule has 0 unspecified atom stereocenters. The first kappa shape index (κ1) is 15.7. The lowest BCUT2D eigenvalue weighted by atomic mass is 10.1. The highest BCUT2D eigenvalue weighted by Crippen LogP contribution is 2.22. The summed E-state index contributed by atoms with van der Waals surface area (Å²) in [6.07, 6.45) is 0. The van der Waals surface area contributed by atoms with Crippen molar-refractivity contribution in [2.75, 3.05) is 17.2 Å². The molecule has 0 aliphatic heterocycles. The number of benzene rings is 2. The Morgan fingerprint density at radius 2 is 1.62 bits per heavy atom. The molecule has 0 radical (unpaired) electrons. The number of amides is 1. The molecule has 110 valence electrons. The van der Waals surface area contributed by atoms with Crippen molar-refractivity contribution in [2.45, 2.75) is 13.8 Å². The van der Waals surface area contributed by atoms with Gasteiger partial charge in [0.2, 0.25) is 5.91 Å². The topological polar surface area (TPSA) is 41.1 Å². The van der Waals surface area contributed by atoms with Crippen molar-refractivity contribution in [2.24, 2.45) is 0 Å². The van der Waals surface area contributed by atoms with Gasteiger partial charge in [-0.15, -0.1) is 0 Å². The first-order valence-corrected chi connectivity index (χ1v) is 7.27. The standard InChI is InChI=1S/C16H16Cl2N2O/c1-10-3-4-14(5-11(10)2)20-16(21)9-19-15-7-12(17)6-13(18)8-15/h3-8,19H,9H2,1-2H3,(H,20,21). The summed E-state index contributed by atoms with van der Waals surface area (Å²) in [4.78, 5) is 11.9. The number of carbonyl (C=O) groups is 1. The number of aryl methyl sites for hydroxylation is 2. The molecule has 0 aliphatic rings. The maximum Gasteiger partial charge on any atom is 0.243 e. The van der Waals surface area contributed by atoms with E-state index in [2.05, 4.69) is 10.6 Å². The summed E-state index contributed by atoms with van der Waals surface area (Å²) >= 11 is 11.8. The van der Waals surface area contributed by atoms with Crippen molar-refractivity contribution in [3.63, 3.8) is 0 Å². The lowest BCUT2D eigenvalue weighted by Gasteiger charge is -2.10. The second kappa shape index (κ2) is 6.83. The van der Waals surface area contributed by atoms with Crippen LogP contribution in [0.3, 0.4) is 0 Å². The van der Waals surface area contributed by atoms with E-state index in [-0.39, 0.29) is 12.5 Å². The summed E-state index contributed by atoms with van der Waals surface area (Å²) < 4.78 is 0. The Hall–Kier alpha value is -1.71. The summed E-state index contributed by atoms with van der Waals surface area (Å²) in [7, 11) is 0. The molecule has 21 heavy (non-hydrogen) atoms. The molecular weight excluding hydrogens is 307 g/mol. The zero-order valence-electron chi connectivity index (χ0n) is 11.8. The molecule has 1 amide bonds. The van der Waals surface area contributed by atoms with Crippen molar-refractivity contribution in [3.05, 3.63) is 57.6 Å². The number of carbonyl (C=O) groups excluding carboxylic acids is 1. The van der Waals surface area contributed by atoms with Gasteiger partial charge in [0.1, 0.15) is 0 Å². The molecule has 3 nitrogen and oxygen atoms in total. The van der Waals surface area contributed by atoms with Gasteiger partial charge in [0.15, 0.2) is 0 Å². The van der Waals surface area contributed by atoms with Crippen LogP contribution in [0.15, 0.2) is 36.4 Å². The normalized spacial score (nSPS) is 10.3. The molecule has 0 spiro atoms. The number of hydrogen-bond acceptors (Lipinski definition) is 2. The quantitative estimate of drug-likeness (QED) is 0.859. The van der Waals surface area contributed by atoms with E-state index in [9.17, 15) is 4.79 Å². The molecule has 0 aliphatic carbocycles. The molecule has 0 fully saturated rings. The van der Waals surface area contributed by atoms with Gasteiger partial charge >= 0.3 is 0 Å². The van der Waals surface area contributed by atoms with Gasteiger partial charge in [-0.1, -0.05) is 29.3 Å². The predicted octanol–water partition coefficient (Wildman–Crippen LogP) is 4.66. The molecule has 2 N–H and O–H groups in total. The van der Waals surface area contributed by atoms with E-state index in [1.807, 2.05) is 32.0 Å². The van der Waals surface area contributed by atoms with E-state index in [0.717, 1.165) is 11.3 Å². The van der Waals surface area contributed by atoms with Crippen LogP contribution >= 0.6 is 23.2 Å². The van der Waals surface area contributed by atoms with Crippen LogP contribution in [0.2, 0.25) is 10.0 Å². The average molecular weight is 323 g/mol. The number of nitrogens with one attached hydrogen (secondary N) is 2. The number of anilines is 2. The average Bonchev–Trinajstić information content (AvgIpc) is 2.40. The van der Waals surface area contributed by atoms with E-state index >= 15 is 0 Å². The maximum absolute atomic E-state index is 11.9. The molecule has 0 saturated carbocycles. The molecule has 0 bridgehead atoms. The fraction of sp³-hybridized carbons (Fsp3) is 0.188. The molecule has 2 rings (SSSR count).